The molecule has 31 heavy (non-hydrogen) atoms. The number of carbonyl (C=O) groups excluding carboxylic acids is 1. The van der Waals surface area contributed by atoms with Crippen LogP contribution in [-0.2, 0) is 9.53 Å². The van der Waals surface area contributed by atoms with Gasteiger partial charge in [0.2, 0.25) is 0 Å². The predicted molar refractivity (Wildman–Crippen MR) is 129 cm³/mol. The molecular formula is C27H29NO3. The molecule has 0 fully saturated rings. The summed E-state index contributed by atoms with van der Waals surface area (Å²) in [6.45, 7) is 8.40. The van der Waals surface area contributed by atoms with Crippen molar-refractivity contribution >= 4 is 18.1 Å². The van der Waals surface area contributed by atoms with E-state index in [1.54, 1.807) is 19.1 Å². The molecule has 2 aromatic carbocycles. The van der Waals surface area contributed by atoms with Gasteiger partial charge in [0.15, 0.2) is 0 Å². The maximum Gasteiger partial charge on any atom is 0.333 e. The van der Waals surface area contributed by atoms with Gasteiger partial charge in [-0.15, -0.1) is 0 Å². The number of nitrogens with zero attached hydrogens (tertiary/aromatic N) is 1. The minimum absolute atomic E-state index is 0.0473. The third kappa shape index (κ3) is 16.7. The Morgan fingerprint density at radius 2 is 1.52 bits per heavy atom. The van der Waals surface area contributed by atoms with Crippen LogP contribution >= 0.6 is 0 Å². The summed E-state index contributed by atoms with van der Waals surface area (Å²) in [5.74, 6) is -0.455. The Bertz CT molecular complexity index is 889. The summed E-state index contributed by atoms with van der Waals surface area (Å²) >= 11 is 0. The third-order valence-corrected chi connectivity index (χ3v) is 3.27. The summed E-state index contributed by atoms with van der Waals surface area (Å²) in [6, 6.07) is 22.0. The number of rotatable bonds is 7. The predicted octanol–water partition coefficient (Wildman–Crippen LogP) is 5.76. The highest BCUT2D eigenvalue weighted by Gasteiger charge is 1.99. The van der Waals surface area contributed by atoms with Crippen molar-refractivity contribution in [3.05, 3.63) is 121 Å². The minimum atomic E-state index is -0.455. The zero-order valence-corrected chi connectivity index (χ0v) is 17.9. The van der Waals surface area contributed by atoms with Crippen molar-refractivity contribution in [2.45, 2.75) is 6.92 Å². The van der Waals surface area contributed by atoms with E-state index in [-0.39, 0.29) is 13.2 Å². The van der Waals surface area contributed by atoms with Crippen LogP contribution in [-0.4, -0.2) is 24.3 Å². The molecule has 0 bridgehead atoms. The number of ether oxygens (including phenoxy) is 1. The average Bonchev–Trinajstić information content (AvgIpc) is 2.81. The molecule has 1 N–H and O–H groups in total. The van der Waals surface area contributed by atoms with Gasteiger partial charge in [0.25, 0.3) is 0 Å². The van der Waals surface area contributed by atoms with Crippen molar-refractivity contribution in [2.75, 3.05) is 13.2 Å². The molecule has 4 heteroatoms. The molecule has 0 unspecified atom stereocenters. The van der Waals surface area contributed by atoms with Gasteiger partial charge >= 0.3 is 5.97 Å². The standard InChI is InChI=1S/C11H9N.C10H10.C6H10O3/c12-10-6-2-5-9-11-7-3-1-4-8-11;1-2-3-7-10-8-5-4-6-9-10;1-5(2)6(8)9-4-3-7/h1-9H;2-9H,1H2;7H,1,3-4H2,2H3. The van der Waals surface area contributed by atoms with Gasteiger partial charge in [0, 0.05) is 11.6 Å². The first-order chi connectivity index (χ1) is 15.0. The topological polar surface area (TPSA) is 70.3 Å². The number of benzene rings is 2. The highest BCUT2D eigenvalue weighted by atomic mass is 16.5. The Morgan fingerprint density at radius 3 is 1.94 bits per heavy atom. The second kappa shape index (κ2) is 19.4. The zero-order chi connectivity index (χ0) is 23.2. The first-order valence-electron chi connectivity index (χ1n) is 9.60. The van der Waals surface area contributed by atoms with Crippen LogP contribution in [0.15, 0.2) is 110 Å². The van der Waals surface area contributed by atoms with Crippen molar-refractivity contribution in [3.8, 4) is 6.07 Å². The molecule has 2 rings (SSSR count). The van der Waals surface area contributed by atoms with Gasteiger partial charge < -0.3 is 9.84 Å². The van der Waals surface area contributed by atoms with Crippen LogP contribution in [0, 0.1) is 11.3 Å². The van der Waals surface area contributed by atoms with Crippen molar-refractivity contribution in [2.24, 2.45) is 0 Å². The molecule has 0 saturated carbocycles. The smallest absolute Gasteiger partial charge is 0.333 e. The quantitative estimate of drug-likeness (QED) is 0.270. The average molecular weight is 416 g/mol. The molecule has 0 saturated heterocycles. The number of aliphatic hydroxyl groups excluding tert-OH is 1. The molecule has 0 atom stereocenters. The number of hydrogen-bond acceptors (Lipinski definition) is 4. The summed E-state index contributed by atoms with van der Waals surface area (Å²) in [6.07, 6.45) is 12.7. The summed E-state index contributed by atoms with van der Waals surface area (Å²) in [7, 11) is 0. The molecule has 0 amide bonds. The maximum absolute atomic E-state index is 10.5. The fourth-order valence-corrected chi connectivity index (χ4v) is 1.83. The Kier molecular flexibility index (Phi) is 16.9. The summed E-state index contributed by atoms with van der Waals surface area (Å²) < 4.78 is 4.46. The van der Waals surface area contributed by atoms with E-state index in [9.17, 15) is 4.79 Å². The van der Waals surface area contributed by atoms with Gasteiger partial charge in [-0.2, -0.15) is 5.26 Å². The molecule has 0 aliphatic heterocycles. The number of carbonyl (C=O) groups is 1. The zero-order valence-electron chi connectivity index (χ0n) is 17.9. The summed E-state index contributed by atoms with van der Waals surface area (Å²) in [5, 5.41) is 16.4. The number of esters is 1. The Balaban J connectivity index is 0.000000441. The number of allylic oxidation sites excluding steroid dienone is 5. The fraction of sp³-hybridized carbons (Fsp3) is 0.111. The highest BCUT2D eigenvalue weighted by molar-refractivity contribution is 5.86. The molecule has 0 aliphatic rings. The van der Waals surface area contributed by atoms with E-state index in [4.69, 9.17) is 10.4 Å². The highest BCUT2D eigenvalue weighted by Crippen LogP contribution is 2.01. The van der Waals surface area contributed by atoms with Gasteiger partial charge in [0.05, 0.1) is 12.7 Å². The van der Waals surface area contributed by atoms with Gasteiger partial charge in [-0.25, -0.2) is 4.79 Å². The molecule has 2 aromatic rings. The largest absolute Gasteiger partial charge is 0.460 e. The van der Waals surface area contributed by atoms with Gasteiger partial charge in [0.1, 0.15) is 6.61 Å². The number of hydrogen-bond donors (Lipinski definition) is 1. The first kappa shape index (κ1) is 27.1. The molecule has 0 spiro atoms. The van der Waals surface area contributed by atoms with E-state index >= 15 is 0 Å². The van der Waals surface area contributed by atoms with Crippen LogP contribution in [0.4, 0.5) is 0 Å². The SMILES string of the molecule is C=C(C)C(=O)OCCO.C=CC=Cc1ccccc1.N#CC=CC=Cc1ccccc1. The van der Waals surface area contributed by atoms with E-state index in [1.165, 1.54) is 11.6 Å². The lowest BCUT2D eigenvalue weighted by Gasteiger charge is -1.99. The van der Waals surface area contributed by atoms with E-state index in [1.807, 2.05) is 78.9 Å². The van der Waals surface area contributed by atoms with Crippen LogP contribution in [0.1, 0.15) is 18.1 Å². The van der Waals surface area contributed by atoms with Crippen LogP contribution in [0.2, 0.25) is 0 Å². The van der Waals surface area contributed by atoms with Gasteiger partial charge in [-0.3, -0.25) is 0 Å². The van der Waals surface area contributed by atoms with Crippen molar-refractivity contribution in [1.29, 1.82) is 5.26 Å². The third-order valence-electron chi connectivity index (χ3n) is 3.27. The van der Waals surface area contributed by atoms with E-state index in [0.29, 0.717) is 5.57 Å². The monoisotopic (exact) mass is 415 g/mol. The Morgan fingerprint density at radius 1 is 1.00 bits per heavy atom. The lowest BCUT2D eigenvalue weighted by molar-refractivity contribution is -0.139. The normalized spacial score (nSPS) is 9.84. The van der Waals surface area contributed by atoms with Crippen molar-refractivity contribution in [1.82, 2.24) is 0 Å². The molecule has 0 heterocycles. The Hall–Kier alpha value is -3.94. The van der Waals surface area contributed by atoms with E-state index < -0.39 is 5.97 Å². The number of nitriles is 1. The van der Waals surface area contributed by atoms with E-state index in [2.05, 4.69) is 30.0 Å². The van der Waals surface area contributed by atoms with Crippen LogP contribution in [0.25, 0.3) is 12.2 Å². The molecule has 160 valence electrons. The van der Waals surface area contributed by atoms with Gasteiger partial charge in [-0.1, -0.05) is 110 Å². The maximum atomic E-state index is 10.5. The van der Waals surface area contributed by atoms with Crippen molar-refractivity contribution < 1.29 is 14.6 Å². The van der Waals surface area contributed by atoms with E-state index in [0.717, 1.165) is 5.56 Å². The second-order valence-electron chi connectivity index (χ2n) is 5.90. The molecule has 0 radical (unpaired) electrons. The summed E-state index contributed by atoms with van der Waals surface area (Å²) in [4.78, 5) is 10.5. The fourth-order valence-electron chi connectivity index (χ4n) is 1.83. The van der Waals surface area contributed by atoms with Crippen molar-refractivity contribution in [3.63, 3.8) is 0 Å². The first-order valence-corrected chi connectivity index (χ1v) is 9.60. The Labute approximate surface area is 185 Å². The molecule has 4 nitrogen and oxygen atoms in total. The lowest BCUT2D eigenvalue weighted by Crippen LogP contribution is -2.08. The lowest BCUT2D eigenvalue weighted by atomic mass is 10.2. The van der Waals surface area contributed by atoms with Crippen LogP contribution in [0.3, 0.4) is 0 Å². The van der Waals surface area contributed by atoms with Crippen LogP contribution < -0.4 is 0 Å². The van der Waals surface area contributed by atoms with Crippen LogP contribution in [0.5, 0.6) is 0 Å². The minimum Gasteiger partial charge on any atom is -0.460 e. The van der Waals surface area contributed by atoms with Gasteiger partial charge in [-0.05, 0) is 18.1 Å². The summed E-state index contributed by atoms with van der Waals surface area (Å²) in [5.41, 5.74) is 2.70. The number of aliphatic hydroxyl groups is 1. The molecular weight excluding hydrogens is 386 g/mol. The second-order valence-corrected chi connectivity index (χ2v) is 5.90. The molecule has 0 aromatic heterocycles. The molecule has 0 aliphatic carbocycles.